The summed E-state index contributed by atoms with van der Waals surface area (Å²) in [6.45, 7) is 3.28. The van der Waals surface area contributed by atoms with Crippen LogP contribution < -0.4 is 4.31 Å². The molecule has 1 amide bonds. The van der Waals surface area contributed by atoms with E-state index in [1.807, 2.05) is 24.3 Å². The monoisotopic (exact) mass is 386 g/mol. The first-order valence-corrected chi connectivity index (χ1v) is 10.4. The number of benzene rings is 2. The lowest BCUT2D eigenvalue weighted by Gasteiger charge is -2.58. The summed E-state index contributed by atoms with van der Waals surface area (Å²) >= 11 is 0. The van der Waals surface area contributed by atoms with Gasteiger partial charge in [-0.25, -0.2) is 8.42 Å². The number of amides is 1. The number of anilines is 1. The third-order valence-corrected chi connectivity index (χ3v) is 7.61. The van der Waals surface area contributed by atoms with Crippen molar-refractivity contribution in [2.75, 3.05) is 17.5 Å². The first-order chi connectivity index (χ1) is 12.9. The second-order valence-electron chi connectivity index (χ2n) is 7.13. The van der Waals surface area contributed by atoms with Gasteiger partial charge in [-0.1, -0.05) is 36.4 Å². The molecule has 1 saturated heterocycles. The van der Waals surface area contributed by atoms with E-state index in [9.17, 15) is 18.3 Å². The summed E-state index contributed by atoms with van der Waals surface area (Å²) in [6, 6.07) is 13.7. The summed E-state index contributed by atoms with van der Waals surface area (Å²) in [5, 5.41) is 9.78. The van der Waals surface area contributed by atoms with Gasteiger partial charge in [-0.05, 0) is 30.2 Å². The fourth-order valence-corrected chi connectivity index (χ4v) is 6.23. The lowest BCUT2D eigenvalue weighted by Crippen LogP contribution is -2.70. The molecular weight excluding hydrogens is 364 g/mol. The van der Waals surface area contributed by atoms with E-state index in [4.69, 9.17) is 0 Å². The number of hydrogen-bond acceptors (Lipinski definition) is 4. The van der Waals surface area contributed by atoms with Crippen LogP contribution in [-0.4, -0.2) is 49.6 Å². The Bertz CT molecular complexity index is 1000. The number of rotatable bonds is 3. The summed E-state index contributed by atoms with van der Waals surface area (Å²) in [5.74, 6) is -0.207. The number of aryl methyl sites for hydroxylation is 1. The average molecular weight is 386 g/mol. The molecule has 1 N–H and O–H groups in total. The van der Waals surface area contributed by atoms with Crippen LogP contribution in [0.15, 0.2) is 53.4 Å². The van der Waals surface area contributed by atoms with Crippen LogP contribution >= 0.6 is 0 Å². The molecule has 27 heavy (non-hydrogen) atoms. The van der Waals surface area contributed by atoms with Crippen molar-refractivity contribution in [2.24, 2.45) is 0 Å². The van der Waals surface area contributed by atoms with E-state index in [-0.39, 0.29) is 42.0 Å². The van der Waals surface area contributed by atoms with Crippen molar-refractivity contribution in [3.63, 3.8) is 0 Å². The maximum absolute atomic E-state index is 13.4. The Kier molecular flexibility index (Phi) is 4.24. The van der Waals surface area contributed by atoms with Crippen LogP contribution in [0.5, 0.6) is 0 Å². The van der Waals surface area contributed by atoms with Crippen LogP contribution in [0.1, 0.15) is 24.0 Å². The topological polar surface area (TPSA) is 77.9 Å². The van der Waals surface area contributed by atoms with Crippen molar-refractivity contribution in [2.45, 2.75) is 36.7 Å². The fourth-order valence-electron chi connectivity index (χ4n) is 4.49. The number of hydrogen-bond donors (Lipinski definition) is 1. The Morgan fingerprint density at radius 1 is 1.15 bits per heavy atom. The van der Waals surface area contributed by atoms with Crippen molar-refractivity contribution < 1.29 is 18.3 Å². The quantitative estimate of drug-likeness (QED) is 0.874. The van der Waals surface area contributed by atoms with Gasteiger partial charge in [-0.15, -0.1) is 0 Å². The predicted molar refractivity (Wildman–Crippen MR) is 102 cm³/mol. The normalized spacial score (nSPS) is 24.0. The lowest BCUT2D eigenvalue weighted by atomic mass is 9.72. The highest BCUT2D eigenvalue weighted by atomic mass is 32.2. The first kappa shape index (κ1) is 18.0. The molecule has 3 atom stereocenters. The molecule has 2 aromatic carbocycles. The van der Waals surface area contributed by atoms with Crippen molar-refractivity contribution in [3.8, 4) is 0 Å². The van der Waals surface area contributed by atoms with Gasteiger partial charge in [0.05, 0.1) is 35.8 Å². The molecule has 0 spiro atoms. The number of para-hydroxylation sites is 1. The van der Waals surface area contributed by atoms with E-state index in [2.05, 4.69) is 0 Å². The number of sulfonamides is 1. The summed E-state index contributed by atoms with van der Waals surface area (Å²) in [6.07, 6.45) is 0. The second kappa shape index (κ2) is 6.35. The van der Waals surface area contributed by atoms with Crippen LogP contribution in [0.2, 0.25) is 0 Å². The first-order valence-electron chi connectivity index (χ1n) is 8.95. The molecule has 2 aromatic rings. The number of likely N-dealkylation sites (tertiary alicyclic amines) is 1. The average Bonchev–Trinajstić information content (AvgIpc) is 2.61. The van der Waals surface area contributed by atoms with Gasteiger partial charge in [0, 0.05) is 12.8 Å². The molecule has 0 unspecified atom stereocenters. The van der Waals surface area contributed by atoms with Crippen molar-refractivity contribution in [3.05, 3.63) is 59.7 Å². The maximum Gasteiger partial charge on any atom is 0.264 e. The Labute approximate surface area is 159 Å². The van der Waals surface area contributed by atoms with E-state index < -0.39 is 10.0 Å². The predicted octanol–water partition coefficient (Wildman–Crippen LogP) is 1.88. The number of carbonyl (C=O) groups is 1. The van der Waals surface area contributed by atoms with Crippen LogP contribution in [0.25, 0.3) is 0 Å². The third kappa shape index (κ3) is 2.56. The second-order valence-corrected chi connectivity index (χ2v) is 8.96. The molecular formula is C20H22N2O4S. The molecule has 4 rings (SSSR count). The molecule has 6 nitrogen and oxygen atoms in total. The number of fused-ring (bicyclic) bond motifs is 3. The summed E-state index contributed by atoms with van der Waals surface area (Å²) in [4.78, 5) is 14.0. The molecule has 0 aliphatic carbocycles. The number of aliphatic hydroxyl groups is 1. The number of nitrogens with zero attached hydrogens (tertiary/aromatic N) is 2. The maximum atomic E-state index is 13.4. The van der Waals surface area contributed by atoms with E-state index >= 15 is 0 Å². The summed E-state index contributed by atoms with van der Waals surface area (Å²) in [7, 11) is -3.77. The van der Waals surface area contributed by atoms with Gasteiger partial charge in [-0.3, -0.25) is 9.10 Å². The third-order valence-electron chi connectivity index (χ3n) is 5.67. The lowest BCUT2D eigenvalue weighted by molar-refractivity contribution is -0.147. The highest BCUT2D eigenvalue weighted by molar-refractivity contribution is 7.92. The zero-order valence-electron chi connectivity index (χ0n) is 15.2. The molecule has 142 valence electrons. The molecule has 1 fully saturated rings. The standard InChI is InChI=1S/C20H22N2O4S/c1-13-7-3-6-10-19(13)27(25,26)21-11-17-20(15-8-4-5-9-16(15)21)18(12-23)22(17)14(2)24/h3-10,17-18,20,23H,11-12H2,1-2H3/t17-,18+,20+/m1/s1. The van der Waals surface area contributed by atoms with Crippen molar-refractivity contribution in [1.29, 1.82) is 0 Å². The molecule has 0 aromatic heterocycles. The van der Waals surface area contributed by atoms with Gasteiger partial charge < -0.3 is 10.0 Å². The Morgan fingerprint density at radius 2 is 1.81 bits per heavy atom. The number of aliphatic hydroxyl groups excluding tert-OH is 1. The molecule has 2 aliphatic rings. The van der Waals surface area contributed by atoms with Crippen LogP contribution in [0.4, 0.5) is 5.69 Å². The van der Waals surface area contributed by atoms with E-state index in [0.717, 1.165) is 5.56 Å². The molecule has 0 radical (unpaired) electrons. The largest absolute Gasteiger partial charge is 0.394 e. The van der Waals surface area contributed by atoms with E-state index in [1.165, 1.54) is 11.2 Å². The molecule has 2 aliphatic heterocycles. The molecule has 0 bridgehead atoms. The minimum absolute atomic E-state index is 0.0570. The summed E-state index contributed by atoms with van der Waals surface area (Å²) < 4.78 is 28.3. The molecule has 0 saturated carbocycles. The SMILES string of the molecule is CC(=O)N1[C@@H]2CN(S(=O)(=O)c3ccccc3C)c3ccccc3[C@@H]2[C@@H]1CO. The molecule has 7 heteroatoms. The zero-order chi connectivity index (χ0) is 19.3. The number of carbonyl (C=O) groups excluding carboxylic acids is 1. The highest BCUT2D eigenvalue weighted by Crippen LogP contribution is 2.49. The van der Waals surface area contributed by atoms with Gasteiger partial charge in [0.2, 0.25) is 5.91 Å². The van der Waals surface area contributed by atoms with Gasteiger partial charge in [0.25, 0.3) is 10.0 Å². The highest BCUT2D eigenvalue weighted by Gasteiger charge is 2.55. The van der Waals surface area contributed by atoms with Crippen molar-refractivity contribution in [1.82, 2.24) is 4.90 Å². The Hall–Kier alpha value is -2.38. The van der Waals surface area contributed by atoms with Crippen LogP contribution in [-0.2, 0) is 14.8 Å². The van der Waals surface area contributed by atoms with Gasteiger partial charge in [-0.2, -0.15) is 0 Å². The smallest absolute Gasteiger partial charge is 0.264 e. The van der Waals surface area contributed by atoms with E-state index in [1.54, 1.807) is 36.1 Å². The fraction of sp³-hybridized carbons (Fsp3) is 0.350. The summed E-state index contributed by atoms with van der Waals surface area (Å²) in [5.41, 5.74) is 2.17. The van der Waals surface area contributed by atoms with Gasteiger partial charge in [0.15, 0.2) is 0 Å². The van der Waals surface area contributed by atoms with Crippen molar-refractivity contribution >= 4 is 21.6 Å². The van der Waals surface area contributed by atoms with Crippen LogP contribution in [0, 0.1) is 6.92 Å². The Balaban J connectivity index is 1.84. The van der Waals surface area contributed by atoms with Gasteiger partial charge in [0.1, 0.15) is 0 Å². The van der Waals surface area contributed by atoms with Gasteiger partial charge >= 0.3 is 0 Å². The molecule has 2 heterocycles. The minimum Gasteiger partial charge on any atom is -0.394 e. The zero-order valence-corrected chi connectivity index (χ0v) is 16.1. The Morgan fingerprint density at radius 3 is 2.48 bits per heavy atom. The van der Waals surface area contributed by atoms with E-state index in [0.29, 0.717) is 11.3 Å². The van der Waals surface area contributed by atoms with Crippen LogP contribution in [0.3, 0.4) is 0 Å². The minimum atomic E-state index is -3.77.